The number of rotatable bonds is 4. The highest BCUT2D eigenvalue weighted by Crippen LogP contribution is 2.39. The summed E-state index contributed by atoms with van der Waals surface area (Å²) in [6, 6.07) is 4.72. The fourth-order valence-electron chi connectivity index (χ4n) is 2.49. The summed E-state index contributed by atoms with van der Waals surface area (Å²) in [5, 5.41) is 3.85. The van der Waals surface area contributed by atoms with Crippen LogP contribution in [0.2, 0.25) is 0 Å². The molecule has 1 aliphatic rings. The molecule has 0 spiro atoms. The molecule has 2 aromatic heterocycles. The number of hydrogen-bond donors (Lipinski definition) is 0. The van der Waals surface area contributed by atoms with E-state index in [1.165, 1.54) is 12.3 Å². The first kappa shape index (κ1) is 18.7. The summed E-state index contributed by atoms with van der Waals surface area (Å²) in [6.45, 7) is 4.21. The van der Waals surface area contributed by atoms with E-state index in [2.05, 4.69) is 10.1 Å². The predicted octanol–water partition coefficient (Wildman–Crippen LogP) is 4.28. The quantitative estimate of drug-likeness (QED) is 0.759. The molecule has 0 aromatic carbocycles. The highest BCUT2D eigenvalue weighted by molar-refractivity contribution is 6.54. The lowest BCUT2D eigenvalue weighted by molar-refractivity contribution is 0.00578. The molecule has 0 radical (unpaired) electrons. The SMILES string of the molecule is CC1(C)OB(C(F)=Cc2cc(-c3cccnc3)nn2C(F)F)OC1(C)C. The zero-order chi connectivity index (χ0) is 19.1. The van der Waals surface area contributed by atoms with Gasteiger partial charge in [-0.15, -0.1) is 0 Å². The van der Waals surface area contributed by atoms with Gasteiger partial charge in [0.05, 0.1) is 22.6 Å². The monoisotopic (exact) mass is 365 g/mol. The minimum atomic E-state index is -2.92. The van der Waals surface area contributed by atoms with Gasteiger partial charge in [0.25, 0.3) is 0 Å². The normalized spacial score (nSPS) is 19.4. The van der Waals surface area contributed by atoms with Gasteiger partial charge in [0.15, 0.2) is 0 Å². The van der Waals surface area contributed by atoms with E-state index in [9.17, 15) is 13.2 Å². The van der Waals surface area contributed by atoms with Crippen molar-refractivity contribution in [3.05, 3.63) is 42.0 Å². The smallest absolute Gasteiger partial charge is 0.398 e. The van der Waals surface area contributed by atoms with E-state index in [-0.39, 0.29) is 11.4 Å². The fourth-order valence-corrected chi connectivity index (χ4v) is 2.49. The van der Waals surface area contributed by atoms with Crippen molar-refractivity contribution >= 4 is 13.2 Å². The lowest BCUT2D eigenvalue weighted by Crippen LogP contribution is -2.41. The zero-order valence-corrected chi connectivity index (χ0v) is 14.9. The van der Waals surface area contributed by atoms with Crippen molar-refractivity contribution in [2.75, 3.05) is 0 Å². The standard InChI is InChI=1S/C17H19BF3N3O2/c1-16(2)17(3,4)26-18(25-16)14(19)9-12-8-13(23-24(12)15(20)21)11-6-5-7-22-10-11/h5-10,15H,1-4H3. The average Bonchev–Trinajstić information content (AvgIpc) is 3.07. The van der Waals surface area contributed by atoms with E-state index in [0.717, 1.165) is 6.08 Å². The third-order valence-corrected chi connectivity index (χ3v) is 4.67. The van der Waals surface area contributed by atoms with Crippen LogP contribution in [-0.2, 0) is 9.31 Å². The summed E-state index contributed by atoms with van der Waals surface area (Å²) in [5.74, 6) is 0. The number of alkyl halides is 2. The van der Waals surface area contributed by atoms with Crippen LogP contribution in [0.5, 0.6) is 0 Å². The maximum Gasteiger partial charge on any atom is 0.525 e. The van der Waals surface area contributed by atoms with E-state index in [1.807, 2.05) is 0 Å². The van der Waals surface area contributed by atoms with Crippen molar-refractivity contribution in [1.82, 2.24) is 14.8 Å². The molecule has 26 heavy (non-hydrogen) atoms. The van der Waals surface area contributed by atoms with Gasteiger partial charge < -0.3 is 9.31 Å². The second-order valence-corrected chi connectivity index (χ2v) is 7.04. The zero-order valence-electron chi connectivity index (χ0n) is 14.9. The maximum absolute atomic E-state index is 14.6. The molecule has 0 bridgehead atoms. The molecule has 1 fully saturated rings. The van der Waals surface area contributed by atoms with Crippen molar-refractivity contribution in [3.8, 4) is 11.3 Å². The highest BCUT2D eigenvalue weighted by atomic mass is 19.3. The topological polar surface area (TPSA) is 49.2 Å². The third-order valence-electron chi connectivity index (χ3n) is 4.67. The molecule has 0 saturated carbocycles. The first-order chi connectivity index (χ1) is 12.1. The second kappa shape index (κ2) is 6.55. The Morgan fingerprint density at radius 3 is 2.42 bits per heavy atom. The molecule has 0 atom stereocenters. The van der Waals surface area contributed by atoms with Gasteiger partial charge in [-0.25, -0.2) is 9.07 Å². The molecule has 2 aromatic rings. The molecule has 0 amide bonds. The Morgan fingerprint density at radius 1 is 1.23 bits per heavy atom. The summed E-state index contributed by atoms with van der Waals surface area (Å²) < 4.78 is 52.9. The maximum atomic E-state index is 14.6. The van der Waals surface area contributed by atoms with E-state index in [1.54, 1.807) is 46.0 Å². The number of aromatic nitrogens is 3. The Labute approximate surface area is 150 Å². The fraction of sp³-hybridized carbons (Fsp3) is 0.412. The van der Waals surface area contributed by atoms with Crippen molar-refractivity contribution in [3.63, 3.8) is 0 Å². The highest BCUT2D eigenvalue weighted by Gasteiger charge is 2.53. The van der Waals surface area contributed by atoms with Gasteiger partial charge in [0.1, 0.15) is 5.73 Å². The molecular weight excluding hydrogens is 346 g/mol. The van der Waals surface area contributed by atoms with Gasteiger partial charge in [-0.1, -0.05) is 0 Å². The van der Waals surface area contributed by atoms with Crippen molar-refractivity contribution in [1.29, 1.82) is 0 Å². The minimum Gasteiger partial charge on any atom is -0.398 e. The Bertz CT molecular complexity index is 806. The number of nitrogens with zero attached hydrogens (tertiary/aromatic N) is 3. The van der Waals surface area contributed by atoms with Crippen LogP contribution in [0.25, 0.3) is 17.3 Å². The molecule has 1 aliphatic heterocycles. The molecule has 0 unspecified atom stereocenters. The Hall–Kier alpha value is -2.13. The first-order valence-electron chi connectivity index (χ1n) is 8.11. The Balaban J connectivity index is 1.94. The number of pyridine rings is 1. The van der Waals surface area contributed by atoms with Crippen LogP contribution in [0, 0.1) is 0 Å². The van der Waals surface area contributed by atoms with Crippen LogP contribution in [0.4, 0.5) is 13.2 Å². The number of halogens is 3. The molecule has 9 heteroatoms. The molecule has 1 saturated heterocycles. The summed E-state index contributed by atoms with van der Waals surface area (Å²) >= 11 is 0. The van der Waals surface area contributed by atoms with Crippen LogP contribution in [0.15, 0.2) is 36.3 Å². The van der Waals surface area contributed by atoms with E-state index >= 15 is 0 Å². The van der Waals surface area contributed by atoms with Gasteiger partial charge in [-0.05, 0) is 52.0 Å². The van der Waals surface area contributed by atoms with Crippen molar-refractivity contribution in [2.24, 2.45) is 0 Å². The summed E-state index contributed by atoms with van der Waals surface area (Å²) in [7, 11) is -1.26. The lowest BCUT2D eigenvalue weighted by atomic mass is 9.87. The molecular formula is C17H19BF3N3O2. The van der Waals surface area contributed by atoms with Gasteiger partial charge in [0, 0.05) is 18.0 Å². The van der Waals surface area contributed by atoms with Gasteiger partial charge in [-0.2, -0.15) is 13.9 Å². The van der Waals surface area contributed by atoms with Gasteiger partial charge in [0.2, 0.25) is 0 Å². The van der Waals surface area contributed by atoms with Crippen molar-refractivity contribution < 1.29 is 22.5 Å². The van der Waals surface area contributed by atoms with Crippen LogP contribution in [0.1, 0.15) is 39.9 Å². The summed E-state index contributed by atoms with van der Waals surface area (Å²) in [5.41, 5.74) is -1.53. The van der Waals surface area contributed by atoms with Gasteiger partial charge >= 0.3 is 13.7 Å². The van der Waals surface area contributed by atoms with Crippen LogP contribution < -0.4 is 0 Å². The van der Waals surface area contributed by atoms with Crippen molar-refractivity contribution in [2.45, 2.75) is 45.4 Å². The largest absolute Gasteiger partial charge is 0.525 e. The molecule has 5 nitrogen and oxygen atoms in total. The molecule has 0 aliphatic carbocycles. The third kappa shape index (κ3) is 3.41. The van der Waals surface area contributed by atoms with Crippen LogP contribution >= 0.6 is 0 Å². The van der Waals surface area contributed by atoms with Crippen LogP contribution in [0.3, 0.4) is 0 Å². The van der Waals surface area contributed by atoms with E-state index < -0.39 is 30.6 Å². The molecule has 3 heterocycles. The minimum absolute atomic E-state index is 0.0916. The first-order valence-corrected chi connectivity index (χ1v) is 8.11. The average molecular weight is 365 g/mol. The number of hydrogen-bond acceptors (Lipinski definition) is 4. The van der Waals surface area contributed by atoms with E-state index in [4.69, 9.17) is 9.31 Å². The van der Waals surface area contributed by atoms with Gasteiger partial charge in [-0.3, -0.25) is 4.98 Å². The lowest BCUT2D eigenvalue weighted by Gasteiger charge is -2.32. The van der Waals surface area contributed by atoms with Crippen LogP contribution in [-0.4, -0.2) is 33.1 Å². The molecule has 3 rings (SSSR count). The second-order valence-electron chi connectivity index (χ2n) is 7.04. The molecule has 0 N–H and O–H groups in total. The Kier molecular flexibility index (Phi) is 4.70. The predicted molar refractivity (Wildman–Crippen MR) is 91.9 cm³/mol. The van der Waals surface area contributed by atoms with E-state index in [0.29, 0.717) is 10.2 Å². The summed E-state index contributed by atoms with van der Waals surface area (Å²) in [6.07, 6.45) is 4.02. The molecule has 138 valence electrons. The Morgan fingerprint density at radius 2 is 1.88 bits per heavy atom. The summed E-state index contributed by atoms with van der Waals surface area (Å²) in [4.78, 5) is 3.93.